The fourth-order valence-corrected chi connectivity index (χ4v) is 1.21. The summed E-state index contributed by atoms with van der Waals surface area (Å²) >= 11 is 0. The summed E-state index contributed by atoms with van der Waals surface area (Å²) in [6.07, 6.45) is 0. The van der Waals surface area contributed by atoms with Crippen molar-refractivity contribution in [3.05, 3.63) is 35.4 Å². The second-order valence-corrected chi connectivity index (χ2v) is 3.19. The molecule has 8 nitrogen and oxygen atoms in total. The number of nitrogens with one attached hydrogen (secondary N) is 2. The van der Waals surface area contributed by atoms with Crippen LogP contribution in [-0.4, -0.2) is 37.6 Å². The third-order valence-electron chi connectivity index (χ3n) is 2.00. The molecule has 18 heavy (non-hydrogen) atoms. The van der Waals surface area contributed by atoms with Crippen LogP contribution in [0.15, 0.2) is 18.2 Å². The van der Waals surface area contributed by atoms with E-state index in [1.807, 2.05) is 0 Å². The van der Waals surface area contributed by atoms with Crippen LogP contribution >= 0.6 is 0 Å². The molecule has 1 heterocycles. The Morgan fingerprint density at radius 2 is 2.17 bits per heavy atom. The summed E-state index contributed by atoms with van der Waals surface area (Å²) in [5.41, 5.74) is -0.426. The molecule has 0 atom stereocenters. The second kappa shape index (κ2) is 4.57. The molecular weight excluding hydrogens is 245 g/mol. The Morgan fingerprint density at radius 3 is 2.78 bits per heavy atom. The van der Waals surface area contributed by atoms with Crippen LogP contribution in [-0.2, 0) is 0 Å². The zero-order chi connectivity index (χ0) is 13.1. The zero-order valence-corrected chi connectivity index (χ0v) is 8.72. The van der Waals surface area contributed by atoms with Crippen LogP contribution in [0.1, 0.15) is 21.0 Å². The molecule has 0 spiro atoms. The van der Waals surface area contributed by atoms with Crippen molar-refractivity contribution in [1.82, 2.24) is 20.6 Å². The average molecular weight is 251 g/mol. The van der Waals surface area contributed by atoms with Gasteiger partial charge >= 0.3 is 5.97 Å². The first-order valence-corrected chi connectivity index (χ1v) is 4.65. The summed E-state index contributed by atoms with van der Waals surface area (Å²) in [5, 5.41) is 23.2. The predicted molar refractivity (Wildman–Crippen MR) is 55.5 cm³/mol. The number of rotatable bonds is 3. The number of carbonyl (C=O) groups is 2. The van der Waals surface area contributed by atoms with Crippen molar-refractivity contribution in [1.29, 1.82) is 0 Å². The standard InChI is InChI=1S/C9H6FN5O3/c10-6-2-1-4(3-5(6)9(17)18)11-8(16)7-12-14-15-13-7/h1-3H,(H,11,16)(H,17,18)(H,12,13,14,15). The number of aromatic nitrogens is 4. The van der Waals surface area contributed by atoms with E-state index in [-0.39, 0.29) is 11.5 Å². The molecule has 0 radical (unpaired) electrons. The Labute approximate surface area is 98.8 Å². The third-order valence-corrected chi connectivity index (χ3v) is 2.00. The normalized spacial score (nSPS) is 10.1. The number of carboxylic acids is 1. The highest BCUT2D eigenvalue weighted by Crippen LogP contribution is 2.15. The number of nitrogens with zero attached hydrogens (tertiary/aromatic N) is 3. The molecule has 1 amide bonds. The molecular formula is C9H6FN5O3. The van der Waals surface area contributed by atoms with Gasteiger partial charge in [0.1, 0.15) is 5.82 Å². The maximum absolute atomic E-state index is 13.1. The number of anilines is 1. The number of amides is 1. The Hall–Kier alpha value is -2.84. The molecule has 0 aliphatic heterocycles. The third kappa shape index (κ3) is 2.29. The Balaban J connectivity index is 2.22. The molecule has 0 aliphatic carbocycles. The number of carboxylic acid groups (broad SMARTS) is 1. The largest absolute Gasteiger partial charge is 0.478 e. The van der Waals surface area contributed by atoms with Crippen LogP contribution in [0.3, 0.4) is 0 Å². The van der Waals surface area contributed by atoms with E-state index in [2.05, 4.69) is 25.9 Å². The van der Waals surface area contributed by atoms with Crippen molar-refractivity contribution >= 4 is 17.6 Å². The minimum absolute atomic E-state index is 0.114. The van der Waals surface area contributed by atoms with E-state index in [0.717, 1.165) is 12.1 Å². The van der Waals surface area contributed by atoms with E-state index < -0.39 is 23.3 Å². The Morgan fingerprint density at radius 1 is 1.39 bits per heavy atom. The summed E-state index contributed by atoms with van der Waals surface area (Å²) in [4.78, 5) is 22.2. The minimum atomic E-state index is -1.43. The quantitative estimate of drug-likeness (QED) is 0.720. The van der Waals surface area contributed by atoms with Crippen molar-refractivity contribution in [3.63, 3.8) is 0 Å². The van der Waals surface area contributed by atoms with E-state index in [0.29, 0.717) is 0 Å². The van der Waals surface area contributed by atoms with E-state index in [1.165, 1.54) is 6.07 Å². The number of halogens is 1. The molecule has 0 saturated carbocycles. The fraction of sp³-hybridized carbons (Fsp3) is 0. The molecule has 9 heteroatoms. The Bertz CT molecular complexity index is 598. The first-order valence-electron chi connectivity index (χ1n) is 4.65. The molecule has 2 rings (SSSR count). The van der Waals surface area contributed by atoms with Gasteiger partial charge in [-0.2, -0.15) is 5.21 Å². The zero-order valence-electron chi connectivity index (χ0n) is 8.72. The maximum Gasteiger partial charge on any atom is 0.338 e. The summed E-state index contributed by atoms with van der Waals surface area (Å²) < 4.78 is 13.1. The second-order valence-electron chi connectivity index (χ2n) is 3.19. The molecule has 0 saturated heterocycles. The lowest BCUT2D eigenvalue weighted by Crippen LogP contribution is -2.14. The first-order chi connectivity index (χ1) is 8.58. The van der Waals surface area contributed by atoms with E-state index >= 15 is 0 Å². The fourth-order valence-electron chi connectivity index (χ4n) is 1.21. The SMILES string of the molecule is O=C(Nc1ccc(F)c(C(=O)O)c1)c1nn[nH]n1. The summed E-state index contributed by atoms with van der Waals surface area (Å²) in [5.74, 6) is -3.22. The van der Waals surface area contributed by atoms with Gasteiger partial charge in [0.15, 0.2) is 0 Å². The predicted octanol–water partition coefficient (Wildman–Crippen LogP) is 0.289. The number of aromatic carboxylic acids is 1. The van der Waals surface area contributed by atoms with Crippen LogP contribution in [0.4, 0.5) is 10.1 Å². The molecule has 0 bridgehead atoms. The topological polar surface area (TPSA) is 121 Å². The van der Waals surface area contributed by atoms with E-state index in [9.17, 15) is 14.0 Å². The smallest absolute Gasteiger partial charge is 0.338 e. The number of hydrogen-bond acceptors (Lipinski definition) is 5. The molecule has 1 aromatic heterocycles. The lowest BCUT2D eigenvalue weighted by Gasteiger charge is -2.04. The van der Waals surface area contributed by atoms with Crippen molar-refractivity contribution in [3.8, 4) is 0 Å². The van der Waals surface area contributed by atoms with Gasteiger partial charge in [-0.15, -0.1) is 10.2 Å². The lowest BCUT2D eigenvalue weighted by atomic mass is 10.2. The van der Waals surface area contributed by atoms with Gasteiger partial charge in [0.2, 0.25) is 0 Å². The van der Waals surface area contributed by atoms with Gasteiger partial charge in [-0.25, -0.2) is 9.18 Å². The highest BCUT2D eigenvalue weighted by Gasteiger charge is 2.14. The minimum Gasteiger partial charge on any atom is -0.478 e. The van der Waals surface area contributed by atoms with Gasteiger partial charge in [-0.05, 0) is 23.4 Å². The molecule has 1 aromatic carbocycles. The van der Waals surface area contributed by atoms with Crippen molar-refractivity contribution < 1.29 is 19.1 Å². The molecule has 0 unspecified atom stereocenters. The Kier molecular flexibility index (Phi) is 2.96. The van der Waals surface area contributed by atoms with Crippen molar-refractivity contribution in [2.75, 3.05) is 5.32 Å². The van der Waals surface area contributed by atoms with Gasteiger partial charge in [0.05, 0.1) is 5.56 Å². The number of tetrazole rings is 1. The highest BCUT2D eigenvalue weighted by atomic mass is 19.1. The average Bonchev–Trinajstić information content (AvgIpc) is 2.85. The van der Waals surface area contributed by atoms with Gasteiger partial charge in [0.25, 0.3) is 11.7 Å². The van der Waals surface area contributed by atoms with Gasteiger partial charge in [-0.1, -0.05) is 0 Å². The lowest BCUT2D eigenvalue weighted by molar-refractivity contribution is 0.0691. The highest BCUT2D eigenvalue weighted by molar-refractivity contribution is 6.02. The molecule has 0 aliphatic rings. The summed E-state index contributed by atoms with van der Waals surface area (Å²) in [6.45, 7) is 0. The number of aromatic amines is 1. The monoisotopic (exact) mass is 251 g/mol. The van der Waals surface area contributed by atoms with E-state index in [4.69, 9.17) is 5.11 Å². The van der Waals surface area contributed by atoms with E-state index in [1.54, 1.807) is 0 Å². The van der Waals surface area contributed by atoms with Gasteiger partial charge < -0.3 is 10.4 Å². The maximum atomic E-state index is 13.1. The van der Waals surface area contributed by atoms with Gasteiger partial charge in [0, 0.05) is 5.69 Å². The van der Waals surface area contributed by atoms with Crippen molar-refractivity contribution in [2.24, 2.45) is 0 Å². The van der Waals surface area contributed by atoms with Crippen LogP contribution in [0, 0.1) is 5.82 Å². The van der Waals surface area contributed by atoms with Gasteiger partial charge in [-0.3, -0.25) is 4.79 Å². The summed E-state index contributed by atoms with van der Waals surface area (Å²) in [7, 11) is 0. The summed E-state index contributed by atoms with van der Waals surface area (Å²) in [6, 6.07) is 3.16. The van der Waals surface area contributed by atoms with Crippen LogP contribution in [0.25, 0.3) is 0 Å². The molecule has 3 N–H and O–H groups in total. The molecule has 92 valence electrons. The first kappa shape index (κ1) is 11.6. The van der Waals surface area contributed by atoms with Crippen LogP contribution in [0.5, 0.6) is 0 Å². The number of benzene rings is 1. The van der Waals surface area contributed by atoms with Crippen LogP contribution < -0.4 is 5.32 Å². The number of carbonyl (C=O) groups excluding carboxylic acids is 1. The number of H-pyrrole nitrogens is 1. The number of hydrogen-bond donors (Lipinski definition) is 3. The molecule has 0 fully saturated rings. The molecule has 2 aromatic rings. The van der Waals surface area contributed by atoms with Crippen molar-refractivity contribution in [2.45, 2.75) is 0 Å². The van der Waals surface area contributed by atoms with Crippen LogP contribution in [0.2, 0.25) is 0 Å².